The van der Waals surface area contributed by atoms with E-state index in [9.17, 15) is 4.79 Å². The summed E-state index contributed by atoms with van der Waals surface area (Å²) in [6.45, 7) is 6.61. The Morgan fingerprint density at radius 3 is 3.00 bits per heavy atom. The molecule has 0 bridgehead atoms. The van der Waals surface area contributed by atoms with Crippen LogP contribution in [0.25, 0.3) is 0 Å². The molecule has 4 nitrogen and oxygen atoms in total. The van der Waals surface area contributed by atoms with Crippen LogP contribution in [-0.4, -0.2) is 37.7 Å². The topological polar surface area (TPSA) is 50.4 Å². The minimum Gasteiger partial charge on any atom is -0.364 e. The highest BCUT2D eigenvalue weighted by atomic mass is 16.5. The third-order valence-electron chi connectivity index (χ3n) is 2.86. The summed E-state index contributed by atoms with van der Waals surface area (Å²) in [6, 6.07) is 0. The van der Waals surface area contributed by atoms with Crippen LogP contribution in [0.3, 0.4) is 0 Å². The second kappa shape index (κ2) is 7.63. The van der Waals surface area contributed by atoms with Crippen molar-refractivity contribution in [1.82, 2.24) is 10.6 Å². The molecule has 1 saturated heterocycles. The molecule has 1 aliphatic heterocycles. The van der Waals surface area contributed by atoms with Crippen LogP contribution in [0.15, 0.2) is 0 Å². The Kier molecular flexibility index (Phi) is 6.42. The van der Waals surface area contributed by atoms with Gasteiger partial charge in [0.1, 0.15) is 6.10 Å². The second-order valence-electron chi connectivity index (χ2n) is 4.39. The fraction of sp³-hybridized carbons (Fsp3) is 0.917. The summed E-state index contributed by atoms with van der Waals surface area (Å²) >= 11 is 0. The first kappa shape index (κ1) is 13.5. The van der Waals surface area contributed by atoms with Gasteiger partial charge in [-0.3, -0.25) is 4.79 Å². The number of amides is 1. The first-order chi connectivity index (χ1) is 7.74. The van der Waals surface area contributed by atoms with Crippen LogP contribution in [0.1, 0.15) is 39.5 Å². The Balaban J connectivity index is 2.09. The molecule has 0 spiro atoms. The summed E-state index contributed by atoms with van der Waals surface area (Å²) in [6.07, 6.45) is 4.29. The lowest BCUT2D eigenvalue weighted by Crippen LogP contribution is -2.37. The zero-order chi connectivity index (χ0) is 11.8. The van der Waals surface area contributed by atoms with Gasteiger partial charge >= 0.3 is 0 Å². The number of rotatable bonds is 7. The standard InChI is InChI=1S/C12H24N2O2/c1-3-4-5-7-14-12(15)10(2)16-11-6-8-13-9-11/h10-11,13H,3-9H2,1-2H3,(H,14,15). The number of nitrogens with one attached hydrogen (secondary N) is 2. The third kappa shape index (κ3) is 4.94. The van der Waals surface area contributed by atoms with Crippen molar-refractivity contribution < 1.29 is 9.53 Å². The van der Waals surface area contributed by atoms with Gasteiger partial charge in [0.15, 0.2) is 0 Å². The van der Waals surface area contributed by atoms with Gasteiger partial charge in [-0.2, -0.15) is 0 Å². The Morgan fingerprint density at radius 1 is 1.56 bits per heavy atom. The van der Waals surface area contributed by atoms with Crippen LogP contribution in [0.2, 0.25) is 0 Å². The third-order valence-corrected chi connectivity index (χ3v) is 2.86. The SMILES string of the molecule is CCCCCNC(=O)C(C)OC1CCNC1. The monoisotopic (exact) mass is 228 g/mol. The van der Waals surface area contributed by atoms with Gasteiger partial charge in [0, 0.05) is 13.1 Å². The Bertz CT molecular complexity index is 203. The molecule has 1 aliphatic rings. The van der Waals surface area contributed by atoms with Gasteiger partial charge in [-0.05, 0) is 26.3 Å². The van der Waals surface area contributed by atoms with E-state index < -0.39 is 0 Å². The molecule has 0 aliphatic carbocycles. The minimum atomic E-state index is -0.327. The fourth-order valence-electron chi connectivity index (χ4n) is 1.83. The molecular weight excluding hydrogens is 204 g/mol. The van der Waals surface area contributed by atoms with E-state index in [1.165, 1.54) is 12.8 Å². The fourth-order valence-corrected chi connectivity index (χ4v) is 1.83. The van der Waals surface area contributed by atoms with E-state index in [1.54, 1.807) is 0 Å². The molecule has 0 radical (unpaired) electrons. The van der Waals surface area contributed by atoms with Crippen LogP contribution in [0.4, 0.5) is 0 Å². The quantitative estimate of drug-likeness (QED) is 0.641. The highest BCUT2D eigenvalue weighted by molar-refractivity contribution is 5.80. The lowest BCUT2D eigenvalue weighted by atomic mass is 10.2. The predicted octanol–water partition coefficient (Wildman–Crippen LogP) is 1.06. The molecule has 1 amide bonds. The Labute approximate surface area is 98.1 Å². The first-order valence-corrected chi connectivity index (χ1v) is 6.38. The summed E-state index contributed by atoms with van der Waals surface area (Å²) in [5.41, 5.74) is 0. The van der Waals surface area contributed by atoms with Crippen molar-refractivity contribution in [2.75, 3.05) is 19.6 Å². The van der Waals surface area contributed by atoms with E-state index in [0.717, 1.165) is 32.5 Å². The number of hydrogen-bond acceptors (Lipinski definition) is 3. The maximum absolute atomic E-state index is 11.6. The minimum absolute atomic E-state index is 0.0167. The molecule has 94 valence electrons. The van der Waals surface area contributed by atoms with E-state index >= 15 is 0 Å². The van der Waals surface area contributed by atoms with Gasteiger partial charge in [0.05, 0.1) is 6.10 Å². The summed E-state index contributed by atoms with van der Waals surface area (Å²) in [7, 11) is 0. The maximum Gasteiger partial charge on any atom is 0.248 e. The number of unbranched alkanes of at least 4 members (excludes halogenated alkanes) is 2. The zero-order valence-electron chi connectivity index (χ0n) is 10.4. The summed E-state index contributed by atoms with van der Waals surface area (Å²) in [4.78, 5) is 11.6. The average molecular weight is 228 g/mol. The van der Waals surface area contributed by atoms with Gasteiger partial charge in [-0.25, -0.2) is 0 Å². The van der Waals surface area contributed by atoms with E-state index in [1.807, 2.05) is 6.92 Å². The van der Waals surface area contributed by atoms with Crippen molar-refractivity contribution in [3.8, 4) is 0 Å². The summed E-state index contributed by atoms with van der Waals surface area (Å²) < 4.78 is 5.66. The van der Waals surface area contributed by atoms with Crippen molar-refractivity contribution in [2.24, 2.45) is 0 Å². The molecule has 2 N–H and O–H groups in total. The van der Waals surface area contributed by atoms with Crippen molar-refractivity contribution in [1.29, 1.82) is 0 Å². The first-order valence-electron chi connectivity index (χ1n) is 6.38. The van der Waals surface area contributed by atoms with Crippen LogP contribution < -0.4 is 10.6 Å². The maximum atomic E-state index is 11.6. The molecule has 0 aromatic carbocycles. The molecule has 4 heteroatoms. The zero-order valence-corrected chi connectivity index (χ0v) is 10.4. The lowest BCUT2D eigenvalue weighted by Gasteiger charge is -2.17. The normalized spacial score (nSPS) is 22.0. The van der Waals surface area contributed by atoms with E-state index in [0.29, 0.717) is 0 Å². The smallest absolute Gasteiger partial charge is 0.248 e. The molecule has 0 saturated carbocycles. The molecule has 1 fully saturated rings. The van der Waals surface area contributed by atoms with Gasteiger partial charge in [-0.15, -0.1) is 0 Å². The van der Waals surface area contributed by atoms with Crippen LogP contribution in [0, 0.1) is 0 Å². The van der Waals surface area contributed by atoms with Crippen LogP contribution in [-0.2, 0) is 9.53 Å². The van der Waals surface area contributed by atoms with E-state index in [2.05, 4.69) is 17.6 Å². The highest BCUT2D eigenvalue weighted by Gasteiger charge is 2.21. The van der Waals surface area contributed by atoms with Gasteiger partial charge < -0.3 is 15.4 Å². The second-order valence-corrected chi connectivity index (χ2v) is 4.39. The van der Waals surface area contributed by atoms with Crippen molar-refractivity contribution in [2.45, 2.75) is 51.7 Å². The summed E-state index contributed by atoms with van der Waals surface area (Å²) in [5.74, 6) is 0.0167. The number of hydrogen-bond donors (Lipinski definition) is 2. The predicted molar refractivity (Wildman–Crippen MR) is 64.4 cm³/mol. The molecule has 1 rings (SSSR count). The molecule has 2 unspecified atom stereocenters. The number of ether oxygens (including phenoxy) is 1. The van der Waals surface area contributed by atoms with Crippen molar-refractivity contribution >= 4 is 5.91 Å². The Hall–Kier alpha value is -0.610. The number of carbonyl (C=O) groups is 1. The molecule has 1 heterocycles. The van der Waals surface area contributed by atoms with E-state index in [-0.39, 0.29) is 18.1 Å². The Morgan fingerprint density at radius 2 is 2.38 bits per heavy atom. The van der Waals surface area contributed by atoms with Crippen molar-refractivity contribution in [3.05, 3.63) is 0 Å². The van der Waals surface area contributed by atoms with Gasteiger partial charge in [-0.1, -0.05) is 19.8 Å². The molecular formula is C12H24N2O2. The molecule has 0 aromatic rings. The van der Waals surface area contributed by atoms with Gasteiger partial charge in [0.25, 0.3) is 0 Å². The number of carbonyl (C=O) groups excluding carboxylic acids is 1. The van der Waals surface area contributed by atoms with Crippen molar-refractivity contribution in [3.63, 3.8) is 0 Å². The van der Waals surface area contributed by atoms with E-state index in [4.69, 9.17) is 4.74 Å². The van der Waals surface area contributed by atoms with Crippen LogP contribution in [0.5, 0.6) is 0 Å². The van der Waals surface area contributed by atoms with Crippen LogP contribution >= 0.6 is 0 Å². The van der Waals surface area contributed by atoms with Gasteiger partial charge in [0.2, 0.25) is 5.91 Å². The molecule has 2 atom stereocenters. The lowest BCUT2D eigenvalue weighted by molar-refractivity contribution is -0.134. The molecule has 16 heavy (non-hydrogen) atoms. The summed E-state index contributed by atoms with van der Waals surface area (Å²) in [5, 5.41) is 6.13. The average Bonchev–Trinajstić information content (AvgIpc) is 2.76. The largest absolute Gasteiger partial charge is 0.364 e. The highest BCUT2D eigenvalue weighted by Crippen LogP contribution is 2.06. The molecule has 0 aromatic heterocycles.